The van der Waals surface area contributed by atoms with Gasteiger partial charge in [0.15, 0.2) is 0 Å². The van der Waals surface area contributed by atoms with Crippen LogP contribution in [0.1, 0.15) is 6.92 Å². The lowest BCUT2D eigenvalue weighted by molar-refractivity contribution is -0.264. The highest BCUT2D eigenvalue weighted by atomic mass is 19.4. The zero-order valence-corrected chi connectivity index (χ0v) is 6.02. The Morgan fingerprint density at radius 3 is 2.36 bits per heavy atom. The SMILES string of the molecule is CC1OCOCC1C(F)(F)F. The smallest absolute Gasteiger partial charge is 0.355 e. The summed E-state index contributed by atoms with van der Waals surface area (Å²) in [5.41, 5.74) is 0. The molecule has 0 saturated carbocycles. The summed E-state index contributed by atoms with van der Waals surface area (Å²) >= 11 is 0. The molecular weight excluding hydrogens is 161 g/mol. The van der Waals surface area contributed by atoms with Crippen LogP contribution in [0.3, 0.4) is 0 Å². The first-order valence-electron chi connectivity index (χ1n) is 3.28. The van der Waals surface area contributed by atoms with Crippen molar-refractivity contribution >= 4 is 0 Å². The summed E-state index contributed by atoms with van der Waals surface area (Å²) in [6, 6.07) is 0. The second kappa shape index (κ2) is 2.98. The van der Waals surface area contributed by atoms with Gasteiger partial charge in [0.25, 0.3) is 0 Å². The average molecular weight is 170 g/mol. The van der Waals surface area contributed by atoms with Crippen LogP contribution in [0.15, 0.2) is 0 Å². The Balaban J connectivity index is 2.55. The van der Waals surface area contributed by atoms with Crippen LogP contribution in [0.5, 0.6) is 0 Å². The minimum absolute atomic E-state index is 0.0340. The fraction of sp³-hybridized carbons (Fsp3) is 1.00. The quantitative estimate of drug-likeness (QED) is 0.549. The molecule has 2 unspecified atom stereocenters. The molecule has 1 aliphatic heterocycles. The normalized spacial score (nSPS) is 33.8. The van der Waals surface area contributed by atoms with E-state index in [0.29, 0.717) is 0 Å². The largest absolute Gasteiger partial charge is 0.396 e. The second-order valence-corrected chi connectivity index (χ2v) is 2.51. The monoisotopic (exact) mass is 170 g/mol. The third-order valence-corrected chi connectivity index (χ3v) is 1.70. The molecule has 0 bridgehead atoms. The molecule has 1 rings (SSSR count). The van der Waals surface area contributed by atoms with Gasteiger partial charge in [-0.1, -0.05) is 0 Å². The summed E-state index contributed by atoms with van der Waals surface area (Å²) in [6.07, 6.45) is -5.00. The van der Waals surface area contributed by atoms with E-state index in [2.05, 4.69) is 9.47 Å². The van der Waals surface area contributed by atoms with E-state index < -0.39 is 18.2 Å². The average Bonchev–Trinajstić information content (AvgIpc) is 1.86. The van der Waals surface area contributed by atoms with Crippen LogP contribution in [0.4, 0.5) is 13.2 Å². The van der Waals surface area contributed by atoms with Crippen molar-refractivity contribution < 1.29 is 22.6 Å². The molecule has 0 N–H and O–H groups in total. The van der Waals surface area contributed by atoms with E-state index in [4.69, 9.17) is 0 Å². The molecule has 5 heteroatoms. The summed E-state index contributed by atoms with van der Waals surface area (Å²) in [5, 5.41) is 0. The summed E-state index contributed by atoms with van der Waals surface area (Å²) in [4.78, 5) is 0. The van der Waals surface area contributed by atoms with Crippen LogP contribution < -0.4 is 0 Å². The first-order chi connectivity index (χ1) is 5.02. The molecule has 11 heavy (non-hydrogen) atoms. The van der Waals surface area contributed by atoms with E-state index >= 15 is 0 Å². The Morgan fingerprint density at radius 2 is 2.00 bits per heavy atom. The Hall–Kier alpha value is -0.290. The zero-order chi connectivity index (χ0) is 8.48. The topological polar surface area (TPSA) is 18.5 Å². The van der Waals surface area contributed by atoms with Crippen molar-refractivity contribution in [2.45, 2.75) is 19.2 Å². The summed E-state index contributed by atoms with van der Waals surface area (Å²) in [6.45, 7) is 1.08. The Labute approximate surface area is 62.3 Å². The van der Waals surface area contributed by atoms with Gasteiger partial charge in [-0.15, -0.1) is 0 Å². The van der Waals surface area contributed by atoms with Crippen LogP contribution >= 0.6 is 0 Å². The molecule has 2 atom stereocenters. The van der Waals surface area contributed by atoms with Gasteiger partial charge in [-0.05, 0) is 6.92 Å². The Kier molecular flexibility index (Phi) is 2.39. The summed E-state index contributed by atoms with van der Waals surface area (Å²) in [7, 11) is 0. The number of alkyl halides is 3. The zero-order valence-electron chi connectivity index (χ0n) is 6.02. The molecule has 1 saturated heterocycles. The highest BCUT2D eigenvalue weighted by Gasteiger charge is 2.45. The van der Waals surface area contributed by atoms with Crippen molar-refractivity contribution in [2.75, 3.05) is 13.4 Å². The van der Waals surface area contributed by atoms with E-state index in [1.165, 1.54) is 6.92 Å². The lowest BCUT2D eigenvalue weighted by atomic mass is 10.0. The number of hydrogen-bond donors (Lipinski definition) is 0. The predicted octanol–water partition coefficient (Wildman–Crippen LogP) is 1.56. The van der Waals surface area contributed by atoms with Crippen LogP contribution in [0, 0.1) is 5.92 Å². The van der Waals surface area contributed by atoms with E-state index in [9.17, 15) is 13.2 Å². The van der Waals surface area contributed by atoms with Crippen LogP contribution in [-0.2, 0) is 9.47 Å². The minimum Gasteiger partial charge on any atom is -0.355 e. The lowest BCUT2D eigenvalue weighted by Crippen LogP contribution is -2.41. The number of ether oxygens (including phenoxy) is 2. The van der Waals surface area contributed by atoms with Gasteiger partial charge in [0.05, 0.1) is 12.7 Å². The van der Waals surface area contributed by atoms with E-state index in [0.717, 1.165) is 0 Å². The van der Waals surface area contributed by atoms with Crippen LogP contribution in [0.25, 0.3) is 0 Å². The summed E-state index contributed by atoms with van der Waals surface area (Å²) < 4.78 is 45.3. The molecule has 0 radical (unpaired) electrons. The highest BCUT2D eigenvalue weighted by Crippen LogP contribution is 2.32. The van der Waals surface area contributed by atoms with E-state index in [1.807, 2.05) is 0 Å². The number of rotatable bonds is 0. The van der Waals surface area contributed by atoms with Crippen molar-refractivity contribution in [2.24, 2.45) is 5.92 Å². The van der Waals surface area contributed by atoms with Gasteiger partial charge < -0.3 is 9.47 Å². The van der Waals surface area contributed by atoms with Crippen molar-refractivity contribution in [1.82, 2.24) is 0 Å². The van der Waals surface area contributed by atoms with Gasteiger partial charge in [-0.3, -0.25) is 0 Å². The van der Waals surface area contributed by atoms with Crippen molar-refractivity contribution in [3.05, 3.63) is 0 Å². The van der Waals surface area contributed by atoms with Crippen molar-refractivity contribution in [1.29, 1.82) is 0 Å². The predicted molar refractivity (Wildman–Crippen MR) is 30.9 cm³/mol. The summed E-state index contributed by atoms with van der Waals surface area (Å²) in [5.74, 6) is -1.48. The molecule has 1 fully saturated rings. The van der Waals surface area contributed by atoms with Crippen molar-refractivity contribution in [3.63, 3.8) is 0 Å². The molecule has 0 aliphatic carbocycles. The first-order valence-corrected chi connectivity index (χ1v) is 3.28. The fourth-order valence-corrected chi connectivity index (χ4v) is 0.943. The molecule has 2 nitrogen and oxygen atoms in total. The Bertz CT molecular complexity index is 134. The van der Waals surface area contributed by atoms with Gasteiger partial charge in [-0.2, -0.15) is 13.2 Å². The fourth-order valence-electron chi connectivity index (χ4n) is 0.943. The standard InChI is InChI=1S/C6H9F3O2/c1-4-5(6(7,8)9)2-10-3-11-4/h4-5H,2-3H2,1H3. The molecule has 1 heterocycles. The second-order valence-electron chi connectivity index (χ2n) is 2.51. The third-order valence-electron chi connectivity index (χ3n) is 1.70. The molecule has 66 valence electrons. The molecular formula is C6H9F3O2. The maximum absolute atomic E-state index is 12.0. The highest BCUT2D eigenvalue weighted by molar-refractivity contribution is 4.75. The molecule has 0 spiro atoms. The molecule has 0 aromatic rings. The maximum Gasteiger partial charge on any atom is 0.396 e. The third kappa shape index (κ3) is 2.07. The minimum atomic E-state index is -4.21. The van der Waals surface area contributed by atoms with Gasteiger partial charge in [0.1, 0.15) is 12.7 Å². The van der Waals surface area contributed by atoms with E-state index in [1.54, 1.807) is 0 Å². The molecule has 1 aliphatic rings. The number of hydrogen-bond acceptors (Lipinski definition) is 2. The molecule has 0 aromatic heterocycles. The van der Waals surface area contributed by atoms with Crippen molar-refractivity contribution in [3.8, 4) is 0 Å². The lowest BCUT2D eigenvalue weighted by Gasteiger charge is -2.30. The van der Waals surface area contributed by atoms with Gasteiger partial charge in [0.2, 0.25) is 0 Å². The first kappa shape index (κ1) is 8.80. The molecule has 0 aromatic carbocycles. The maximum atomic E-state index is 12.0. The van der Waals surface area contributed by atoms with Gasteiger partial charge in [0, 0.05) is 0 Å². The Morgan fingerprint density at radius 1 is 1.36 bits per heavy atom. The van der Waals surface area contributed by atoms with Crippen LogP contribution in [0.2, 0.25) is 0 Å². The number of halogens is 3. The molecule has 0 amide bonds. The van der Waals surface area contributed by atoms with Crippen LogP contribution in [-0.4, -0.2) is 25.7 Å². The van der Waals surface area contributed by atoms with Gasteiger partial charge >= 0.3 is 6.18 Å². The van der Waals surface area contributed by atoms with Gasteiger partial charge in [-0.25, -0.2) is 0 Å². The van der Waals surface area contributed by atoms with E-state index in [-0.39, 0.29) is 13.4 Å².